The molecule has 0 fully saturated rings. The average molecular weight is 334 g/mol. The van der Waals surface area contributed by atoms with Crippen LogP contribution in [0.3, 0.4) is 0 Å². The molecule has 0 aliphatic heterocycles. The molecule has 2 amide bonds. The maximum atomic E-state index is 12.2. The summed E-state index contributed by atoms with van der Waals surface area (Å²) in [4.78, 5) is 29.5. The number of benzene rings is 1. The first-order chi connectivity index (χ1) is 11.0. The van der Waals surface area contributed by atoms with Gasteiger partial charge in [-0.25, -0.2) is 0 Å². The number of carbonyl (C=O) groups is 2. The highest BCUT2D eigenvalue weighted by Gasteiger charge is 2.16. The smallest absolute Gasteiger partial charge is 0.255 e. The summed E-state index contributed by atoms with van der Waals surface area (Å²) >= 11 is 5.92. The molecule has 23 heavy (non-hydrogen) atoms. The van der Waals surface area contributed by atoms with Crippen LogP contribution < -0.4 is 10.1 Å². The van der Waals surface area contributed by atoms with Gasteiger partial charge in [0.1, 0.15) is 5.75 Å². The molecule has 0 bridgehead atoms. The minimum absolute atomic E-state index is 0.108. The largest absolute Gasteiger partial charge is 0.495 e. The van der Waals surface area contributed by atoms with Gasteiger partial charge in [-0.1, -0.05) is 11.6 Å². The highest BCUT2D eigenvalue weighted by atomic mass is 35.5. The molecular formula is C16H16ClN3O3. The first kappa shape index (κ1) is 16.8. The lowest BCUT2D eigenvalue weighted by Gasteiger charge is -2.17. The van der Waals surface area contributed by atoms with Crippen LogP contribution in [0.2, 0.25) is 5.02 Å². The number of rotatable bonds is 5. The van der Waals surface area contributed by atoms with Crippen LogP contribution in [0.5, 0.6) is 5.75 Å². The quantitative estimate of drug-likeness (QED) is 0.912. The van der Waals surface area contributed by atoms with Gasteiger partial charge >= 0.3 is 0 Å². The molecular weight excluding hydrogens is 318 g/mol. The fourth-order valence-corrected chi connectivity index (χ4v) is 2.14. The van der Waals surface area contributed by atoms with Crippen LogP contribution in [0, 0.1) is 0 Å². The van der Waals surface area contributed by atoms with Gasteiger partial charge in [-0.05, 0) is 30.3 Å². The molecule has 0 aliphatic rings. The molecule has 0 saturated carbocycles. The Morgan fingerprint density at radius 3 is 2.78 bits per heavy atom. The number of halogens is 1. The van der Waals surface area contributed by atoms with Crippen LogP contribution >= 0.6 is 11.6 Å². The van der Waals surface area contributed by atoms with Crippen LogP contribution in [0.15, 0.2) is 42.7 Å². The molecule has 0 spiro atoms. The molecule has 1 aromatic carbocycles. The SMILES string of the molecule is COc1ccc(Cl)cc1NC(=O)CN(C)C(=O)c1cccnc1. The van der Waals surface area contributed by atoms with Crippen molar-refractivity contribution in [2.75, 3.05) is 26.0 Å². The summed E-state index contributed by atoms with van der Waals surface area (Å²) in [5.41, 5.74) is 0.871. The summed E-state index contributed by atoms with van der Waals surface area (Å²) in [5.74, 6) is -0.152. The van der Waals surface area contributed by atoms with E-state index in [1.807, 2.05) is 0 Å². The Hall–Kier alpha value is -2.60. The summed E-state index contributed by atoms with van der Waals surface area (Å²) in [6.07, 6.45) is 3.03. The Morgan fingerprint density at radius 1 is 1.35 bits per heavy atom. The normalized spacial score (nSPS) is 10.0. The number of amides is 2. The second-order valence-electron chi connectivity index (χ2n) is 4.80. The van der Waals surface area contributed by atoms with Crippen molar-refractivity contribution < 1.29 is 14.3 Å². The van der Waals surface area contributed by atoms with E-state index in [1.54, 1.807) is 43.6 Å². The van der Waals surface area contributed by atoms with Crippen molar-refractivity contribution in [1.29, 1.82) is 0 Å². The molecule has 0 radical (unpaired) electrons. The Balaban J connectivity index is 2.02. The molecule has 0 aliphatic carbocycles. The summed E-state index contributed by atoms with van der Waals surface area (Å²) in [5, 5.41) is 3.15. The number of aromatic nitrogens is 1. The number of nitrogens with zero attached hydrogens (tertiary/aromatic N) is 2. The molecule has 120 valence electrons. The number of nitrogens with one attached hydrogen (secondary N) is 1. The summed E-state index contributed by atoms with van der Waals surface area (Å²) in [6, 6.07) is 8.21. The minimum atomic E-state index is -0.356. The summed E-state index contributed by atoms with van der Waals surface area (Å²) in [7, 11) is 3.04. The Bertz CT molecular complexity index is 707. The van der Waals surface area contributed by atoms with Gasteiger partial charge in [0.05, 0.1) is 24.9 Å². The topological polar surface area (TPSA) is 71.5 Å². The van der Waals surface area contributed by atoms with Crippen molar-refractivity contribution >= 4 is 29.1 Å². The lowest BCUT2D eigenvalue weighted by atomic mass is 10.2. The third-order valence-electron chi connectivity index (χ3n) is 3.07. The fourth-order valence-electron chi connectivity index (χ4n) is 1.96. The Labute approximate surface area is 139 Å². The van der Waals surface area contributed by atoms with E-state index in [2.05, 4.69) is 10.3 Å². The predicted octanol–water partition coefficient (Wildman–Crippen LogP) is 2.45. The van der Waals surface area contributed by atoms with Gasteiger partial charge in [0, 0.05) is 24.5 Å². The van der Waals surface area contributed by atoms with Gasteiger partial charge in [-0.15, -0.1) is 0 Å². The molecule has 6 nitrogen and oxygen atoms in total. The third kappa shape index (κ3) is 4.43. The first-order valence-corrected chi connectivity index (χ1v) is 7.18. The van der Waals surface area contributed by atoms with Crippen molar-refractivity contribution in [3.8, 4) is 5.75 Å². The molecule has 1 aromatic heterocycles. The van der Waals surface area contributed by atoms with E-state index in [4.69, 9.17) is 16.3 Å². The van der Waals surface area contributed by atoms with Crippen LogP contribution in [0.4, 0.5) is 5.69 Å². The van der Waals surface area contributed by atoms with Crippen molar-refractivity contribution in [1.82, 2.24) is 9.88 Å². The maximum Gasteiger partial charge on any atom is 0.255 e. The zero-order chi connectivity index (χ0) is 16.8. The molecule has 2 rings (SSSR count). The van der Waals surface area contributed by atoms with E-state index < -0.39 is 0 Å². The van der Waals surface area contributed by atoms with Gasteiger partial charge in [0.25, 0.3) is 5.91 Å². The number of carbonyl (C=O) groups excluding carboxylic acids is 2. The van der Waals surface area contributed by atoms with Crippen molar-refractivity contribution in [2.24, 2.45) is 0 Å². The molecule has 0 atom stereocenters. The van der Waals surface area contributed by atoms with E-state index >= 15 is 0 Å². The Kier molecular flexibility index (Phi) is 5.54. The number of hydrogen-bond acceptors (Lipinski definition) is 4. The zero-order valence-electron chi connectivity index (χ0n) is 12.7. The number of pyridine rings is 1. The van der Waals surface area contributed by atoms with Crippen LogP contribution in [-0.2, 0) is 4.79 Å². The van der Waals surface area contributed by atoms with E-state index in [-0.39, 0.29) is 18.4 Å². The fraction of sp³-hybridized carbons (Fsp3) is 0.188. The lowest BCUT2D eigenvalue weighted by molar-refractivity contribution is -0.116. The van der Waals surface area contributed by atoms with Gasteiger partial charge in [0.2, 0.25) is 5.91 Å². The summed E-state index contributed by atoms with van der Waals surface area (Å²) in [6.45, 7) is -0.108. The first-order valence-electron chi connectivity index (χ1n) is 6.80. The van der Waals surface area contributed by atoms with Crippen molar-refractivity contribution in [3.05, 3.63) is 53.3 Å². The molecule has 0 unspecified atom stereocenters. The second kappa shape index (κ2) is 7.60. The maximum absolute atomic E-state index is 12.2. The average Bonchev–Trinajstić information content (AvgIpc) is 2.55. The van der Waals surface area contributed by atoms with Crippen molar-refractivity contribution in [2.45, 2.75) is 0 Å². The Morgan fingerprint density at radius 2 is 2.13 bits per heavy atom. The van der Waals surface area contributed by atoms with Crippen LogP contribution in [0.25, 0.3) is 0 Å². The summed E-state index contributed by atoms with van der Waals surface area (Å²) < 4.78 is 5.16. The molecule has 1 N–H and O–H groups in total. The van der Waals surface area contributed by atoms with Crippen LogP contribution in [0.1, 0.15) is 10.4 Å². The highest BCUT2D eigenvalue weighted by Crippen LogP contribution is 2.27. The molecule has 2 aromatic rings. The molecule has 1 heterocycles. The van der Waals surface area contributed by atoms with Crippen molar-refractivity contribution in [3.63, 3.8) is 0 Å². The van der Waals surface area contributed by atoms with E-state index in [1.165, 1.54) is 18.2 Å². The van der Waals surface area contributed by atoms with Gasteiger partial charge in [-0.3, -0.25) is 14.6 Å². The number of ether oxygens (including phenoxy) is 1. The number of methoxy groups -OCH3 is 1. The lowest BCUT2D eigenvalue weighted by Crippen LogP contribution is -2.35. The van der Waals surface area contributed by atoms with Gasteiger partial charge in [-0.2, -0.15) is 0 Å². The predicted molar refractivity (Wildman–Crippen MR) is 87.8 cm³/mol. The second-order valence-corrected chi connectivity index (χ2v) is 5.23. The van der Waals surface area contributed by atoms with Gasteiger partial charge < -0.3 is 15.0 Å². The number of likely N-dealkylation sites (N-methyl/N-ethyl adjacent to an activating group) is 1. The van der Waals surface area contributed by atoms with E-state index in [9.17, 15) is 9.59 Å². The number of hydrogen-bond donors (Lipinski definition) is 1. The zero-order valence-corrected chi connectivity index (χ0v) is 13.5. The highest BCUT2D eigenvalue weighted by molar-refractivity contribution is 6.31. The molecule has 7 heteroatoms. The number of anilines is 1. The van der Waals surface area contributed by atoms with E-state index in [0.29, 0.717) is 22.0 Å². The van der Waals surface area contributed by atoms with E-state index in [0.717, 1.165) is 0 Å². The monoisotopic (exact) mass is 333 g/mol. The van der Waals surface area contributed by atoms with Gasteiger partial charge in [0.15, 0.2) is 0 Å². The van der Waals surface area contributed by atoms with Crippen LogP contribution in [-0.4, -0.2) is 42.4 Å². The minimum Gasteiger partial charge on any atom is -0.495 e. The third-order valence-corrected chi connectivity index (χ3v) is 3.31. The molecule has 0 saturated heterocycles. The standard InChI is InChI=1S/C16H16ClN3O3/c1-20(16(22)11-4-3-7-18-9-11)10-15(21)19-13-8-12(17)5-6-14(13)23-2/h3-9H,10H2,1-2H3,(H,19,21).